The lowest BCUT2D eigenvalue weighted by molar-refractivity contribution is -0.118. The highest BCUT2D eigenvalue weighted by molar-refractivity contribution is 5.82. The number of carbonyl (C=O) groups excluding carboxylic acids is 1. The molecule has 1 aromatic rings. The zero-order valence-corrected chi connectivity index (χ0v) is 8.17. The molecule has 0 spiro atoms. The van der Waals surface area contributed by atoms with Crippen LogP contribution in [-0.4, -0.2) is 11.9 Å². The van der Waals surface area contributed by atoms with Gasteiger partial charge in [0.15, 0.2) is 0 Å². The minimum atomic E-state index is -0.577. The number of rotatable bonds is 3. The summed E-state index contributed by atoms with van der Waals surface area (Å²) in [6, 6.07) is 4.17. The van der Waals surface area contributed by atoms with E-state index >= 15 is 0 Å². The van der Waals surface area contributed by atoms with E-state index in [1.54, 1.807) is 26.0 Å². The number of nitrogens with two attached hydrogens (primary N) is 1. The van der Waals surface area contributed by atoms with E-state index in [-0.39, 0.29) is 5.82 Å². The van der Waals surface area contributed by atoms with Crippen molar-refractivity contribution in [2.24, 2.45) is 5.73 Å². The first-order chi connectivity index (χ1) is 6.50. The van der Waals surface area contributed by atoms with Crippen molar-refractivity contribution >= 4 is 11.6 Å². The maximum absolute atomic E-state index is 13.3. The first kappa shape index (κ1) is 10.5. The van der Waals surface area contributed by atoms with Crippen LogP contribution < -0.4 is 11.1 Å². The summed E-state index contributed by atoms with van der Waals surface area (Å²) in [7, 11) is 0. The van der Waals surface area contributed by atoms with Crippen LogP contribution in [0.2, 0.25) is 0 Å². The van der Waals surface area contributed by atoms with Crippen molar-refractivity contribution in [3.8, 4) is 0 Å². The molecule has 0 saturated heterocycles. The molecule has 0 aromatic heterocycles. The highest BCUT2D eigenvalue weighted by atomic mass is 19.1. The van der Waals surface area contributed by atoms with Gasteiger partial charge in [-0.2, -0.15) is 0 Å². The second-order valence-corrected chi connectivity index (χ2v) is 3.25. The van der Waals surface area contributed by atoms with Crippen LogP contribution in [0.1, 0.15) is 12.5 Å². The van der Waals surface area contributed by atoms with Gasteiger partial charge in [-0.05, 0) is 31.5 Å². The Hall–Kier alpha value is -1.58. The van der Waals surface area contributed by atoms with Crippen LogP contribution in [0.15, 0.2) is 18.2 Å². The van der Waals surface area contributed by atoms with Gasteiger partial charge in [0.1, 0.15) is 11.9 Å². The monoisotopic (exact) mass is 196 g/mol. The van der Waals surface area contributed by atoms with Gasteiger partial charge in [-0.15, -0.1) is 0 Å². The van der Waals surface area contributed by atoms with Gasteiger partial charge in [-0.1, -0.05) is 6.07 Å². The Bertz CT molecular complexity index is 352. The van der Waals surface area contributed by atoms with Gasteiger partial charge in [0.25, 0.3) is 0 Å². The molecule has 4 heteroatoms. The molecule has 1 aromatic carbocycles. The molecule has 3 N–H and O–H groups in total. The fraction of sp³-hybridized carbons (Fsp3) is 0.300. The van der Waals surface area contributed by atoms with Crippen molar-refractivity contribution in [2.45, 2.75) is 19.9 Å². The molecule has 0 aliphatic rings. The first-order valence-corrected chi connectivity index (χ1v) is 4.32. The number of aryl methyl sites for hydroxylation is 1. The molecular weight excluding hydrogens is 183 g/mol. The van der Waals surface area contributed by atoms with Crippen LogP contribution in [0, 0.1) is 12.7 Å². The molecule has 14 heavy (non-hydrogen) atoms. The summed E-state index contributed by atoms with van der Waals surface area (Å²) >= 11 is 0. The molecule has 1 atom stereocenters. The molecule has 0 saturated carbocycles. The van der Waals surface area contributed by atoms with Gasteiger partial charge in [0.2, 0.25) is 5.91 Å². The molecule has 0 aliphatic carbocycles. The quantitative estimate of drug-likeness (QED) is 0.768. The zero-order chi connectivity index (χ0) is 10.7. The van der Waals surface area contributed by atoms with Gasteiger partial charge < -0.3 is 11.1 Å². The number of amides is 1. The van der Waals surface area contributed by atoms with Crippen LogP contribution in [0.4, 0.5) is 10.1 Å². The number of primary amides is 1. The average Bonchev–Trinajstić information content (AvgIpc) is 2.09. The smallest absolute Gasteiger partial charge is 0.239 e. The lowest BCUT2D eigenvalue weighted by Gasteiger charge is -2.12. The van der Waals surface area contributed by atoms with Crippen LogP contribution in [0.5, 0.6) is 0 Å². The number of benzene rings is 1. The molecule has 0 bridgehead atoms. The third-order valence-corrected chi connectivity index (χ3v) is 1.92. The van der Waals surface area contributed by atoms with Gasteiger partial charge >= 0.3 is 0 Å². The predicted molar refractivity (Wildman–Crippen MR) is 53.4 cm³/mol. The normalized spacial score (nSPS) is 12.2. The summed E-state index contributed by atoms with van der Waals surface area (Å²) in [5.41, 5.74) is 6.17. The van der Waals surface area contributed by atoms with Gasteiger partial charge in [-0.3, -0.25) is 4.79 Å². The van der Waals surface area contributed by atoms with Gasteiger partial charge in [-0.25, -0.2) is 4.39 Å². The number of carbonyl (C=O) groups is 1. The predicted octanol–water partition coefficient (Wildman–Crippen LogP) is 1.42. The summed E-state index contributed by atoms with van der Waals surface area (Å²) in [5.74, 6) is -0.886. The highest BCUT2D eigenvalue weighted by Crippen LogP contribution is 2.15. The van der Waals surface area contributed by atoms with E-state index in [1.807, 2.05) is 0 Å². The number of hydrogen-bond donors (Lipinski definition) is 2. The van der Waals surface area contributed by atoms with Crippen LogP contribution in [0.25, 0.3) is 0 Å². The Morgan fingerprint density at radius 3 is 2.71 bits per heavy atom. The fourth-order valence-electron chi connectivity index (χ4n) is 1.04. The minimum absolute atomic E-state index is 0.293. The van der Waals surface area contributed by atoms with Crippen molar-refractivity contribution < 1.29 is 9.18 Å². The topological polar surface area (TPSA) is 55.1 Å². The van der Waals surface area contributed by atoms with E-state index < -0.39 is 11.9 Å². The Kier molecular flexibility index (Phi) is 3.06. The van der Waals surface area contributed by atoms with E-state index in [9.17, 15) is 9.18 Å². The molecule has 1 amide bonds. The highest BCUT2D eigenvalue weighted by Gasteiger charge is 2.10. The van der Waals surface area contributed by atoms with Crippen LogP contribution in [-0.2, 0) is 4.79 Å². The zero-order valence-electron chi connectivity index (χ0n) is 8.17. The molecule has 0 aliphatic heterocycles. The first-order valence-electron chi connectivity index (χ1n) is 4.32. The molecule has 0 heterocycles. The number of hydrogen-bond acceptors (Lipinski definition) is 2. The Morgan fingerprint density at radius 2 is 2.21 bits per heavy atom. The average molecular weight is 196 g/mol. The minimum Gasteiger partial charge on any atom is -0.372 e. The summed E-state index contributed by atoms with van der Waals surface area (Å²) in [4.78, 5) is 10.7. The largest absolute Gasteiger partial charge is 0.372 e. The van der Waals surface area contributed by atoms with Crippen molar-refractivity contribution in [3.05, 3.63) is 29.6 Å². The summed E-state index contributed by atoms with van der Waals surface area (Å²) in [5, 5.41) is 2.69. The number of nitrogens with one attached hydrogen (secondary N) is 1. The third kappa shape index (κ3) is 2.45. The molecule has 3 nitrogen and oxygen atoms in total. The summed E-state index contributed by atoms with van der Waals surface area (Å²) < 4.78 is 13.3. The molecule has 76 valence electrons. The number of anilines is 1. The molecular formula is C10H13FN2O. The van der Waals surface area contributed by atoms with E-state index in [1.165, 1.54) is 6.07 Å². The van der Waals surface area contributed by atoms with E-state index in [0.29, 0.717) is 5.69 Å². The Labute approximate surface area is 82.1 Å². The molecule has 1 unspecified atom stereocenters. The molecule has 0 fully saturated rings. The Balaban J connectivity index is 2.82. The van der Waals surface area contributed by atoms with Gasteiger partial charge in [0, 0.05) is 0 Å². The lowest BCUT2D eigenvalue weighted by Crippen LogP contribution is -2.32. The van der Waals surface area contributed by atoms with E-state index in [4.69, 9.17) is 5.73 Å². The summed E-state index contributed by atoms with van der Waals surface area (Å²) in [6.07, 6.45) is 0. The van der Waals surface area contributed by atoms with Crippen molar-refractivity contribution in [3.63, 3.8) is 0 Å². The number of halogens is 1. The second kappa shape index (κ2) is 4.09. The maximum atomic E-state index is 13.3. The fourth-order valence-corrected chi connectivity index (χ4v) is 1.04. The van der Waals surface area contributed by atoms with E-state index in [0.717, 1.165) is 5.56 Å². The van der Waals surface area contributed by atoms with Crippen molar-refractivity contribution in [1.82, 2.24) is 0 Å². The maximum Gasteiger partial charge on any atom is 0.239 e. The third-order valence-electron chi connectivity index (χ3n) is 1.92. The lowest BCUT2D eigenvalue weighted by atomic mass is 10.2. The van der Waals surface area contributed by atoms with E-state index in [2.05, 4.69) is 5.32 Å². The summed E-state index contributed by atoms with van der Waals surface area (Å²) in [6.45, 7) is 3.38. The van der Waals surface area contributed by atoms with Crippen molar-refractivity contribution in [2.75, 3.05) is 5.32 Å². The Morgan fingerprint density at radius 1 is 1.57 bits per heavy atom. The molecule has 1 rings (SSSR count). The van der Waals surface area contributed by atoms with Crippen LogP contribution in [0.3, 0.4) is 0 Å². The van der Waals surface area contributed by atoms with Gasteiger partial charge in [0.05, 0.1) is 5.69 Å². The van der Waals surface area contributed by atoms with Crippen molar-refractivity contribution in [1.29, 1.82) is 0 Å². The standard InChI is InChI=1S/C10H13FN2O/c1-6-3-4-9(8(11)5-6)13-7(2)10(12)14/h3-5,7,13H,1-2H3,(H2,12,14). The van der Waals surface area contributed by atoms with Crippen LogP contribution >= 0.6 is 0 Å². The SMILES string of the molecule is Cc1ccc(NC(C)C(N)=O)c(F)c1. The second-order valence-electron chi connectivity index (χ2n) is 3.25. The molecule has 0 radical (unpaired) electrons.